The van der Waals surface area contributed by atoms with E-state index in [1.54, 1.807) is 6.07 Å². The number of carbonyl (C=O) groups is 3. The van der Waals surface area contributed by atoms with Crippen molar-refractivity contribution in [3.63, 3.8) is 0 Å². The van der Waals surface area contributed by atoms with Gasteiger partial charge in [-0.25, -0.2) is 0 Å². The van der Waals surface area contributed by atoms with Gasteiger partial charge >= 0.3 is 0 Å². The highest BCUT2D eigenvalue weighted by Gasteiger charge is 2.39. The van der Waals surface area contributed by atoms with E-state index in [1.165, 1.54) is 67.9 Å². The minimum absolute atomic E-state index is 0.0941. The summed E-state index contributed by atoms with van der Waals surface area (Å²) in [4.78, 5) is 39.1. The number of hydrogen-bond acceptors (Lipinski definition) is 6. The Bertz CT molecular complexity index is 1130. The van der Waals surface area contributed by atoms with E-state index in [0.29, 0.717) is 17.5 Å². The third-order valence-electron chi connectivity index (χ3n) is 7.74. The van der Waals surface area contributed by atoms with Crippen LogP contribution in [0.2, 0.25) is 0 Å². The van der Waals surface area contributed by atoms with Gasteiger partial charge in [0.25, 0.3) is 5.91 Å². The molecule has 2 aromatic carbocycles. The third-order valence-corrected chi connectivity index (χ3v) is 7.74. The molecule has 3 N–H and O–H groups in total. The van der Waals surface area contributed by atoms with Crippen LogP contribution in [0.5, 0.6) is 5.75 Å². The number of aromatic hydroxyl groups is 1. The number of rotatable bonds is 6. The molecule has 8 nitrogen and oxygen atoms in total. The summed E-state index contributed by atoms with van der Waals surface area (Å²) in [5.41, 5.74) is 2.65. The van der Waals surface area contributed by atoms with Crippen molar-refractivity contribution >= 4 is 17.7 Å². The van der Waals surface area contributed by atoms with Gasteiger partial charge in [-0.15, -0.1) is 0 Å². The van der Waals surface area contributed by atoms with Crippen molar-refractivity contribution in [2.75, 3.05) is 19.6 Å². The molecule has 1 saturated carbocycles. The molecule has 1 aliphatic carbocycles. The van der Waals surface area contributed by atoms with Crippen LogP contribution in [0, 0.1) is 5.92 Å². The fourth-order valence-corrected chi connectivity index (χ4v) is 5.35. The van der Waals surface area contributed by atoms with Gasteiger partial charge in [-0.2, -0.15) is 0 Å². The van der Waals surface area contributed by atoms with E-state index >= 15 is 0 Å². The van der Waals surface area contributed by atoms with Crippen molar-refractivity contribution in [3.8, 4) is 5.75 Å². The first-order chi connectivity index (χ1) is 18.0. The van der Waals surface area contributed by atoms with Crippen molar-refractivity contribution in [2.24, 2.45) is 5.92 Å². The van der Waals surface area contributed by atoms with Crippen LogP contribution in [-0.4, -0.2) is 64.3 Å². The summed E-state index contributed by atoms with van der Waals surface area (Å²) in [6.45, 7) is 5.17. The van der Waals surface area contributed by atoms with E-state index in [1.807, 2.05) is 0 Å². The second kappa shape index (κ2) is 11.4. The molecule has 0 aromatic heterocycles. The van der Waals surface area contributed by atoms with Crippen LogP contribution in [0.4, 0.5) is 0 Å². The van der Waals surface area contributed by atoms with Crippen LogP contribution in [-0.2, 0) is 22.7 Å². The normalized spacial score (nSPS) is 22.3. The fraction of sp³-hybridized carbons (Fsp3) is 0.483. The zero-order valence-corrected chi connectivity index (χ0v) is 21.2. The number of fused-ring (bicyclic) bond motifs is 1. The van der Waals surface area contributed by atoms with Gasteiger partial charge in [-0.3, -0.25) is 24.6 Å². The number of hydrogen-bond donors (Lipinski definition) is 3. The number of imide groups is 1. The second-order valence-corrected chi connectivity index (χ2v) is 10.6. The predicted molar refractivity (Wildman–Crippen MR) is 140 cm³/mol. The van der Waals surface area contributed by atoms with Gasteiger partial charge in [0.15, 0.2) is 0 Å². The van der Waals surface area contributed by atoms with E-state index in [9.17, 15) is 19.5 Å². The maximum absolute atomic E-state index is 12.2. The van der Waals surface area contributed by atoms with E-state index in [4.69, 9.17) is 0 Å². The smallest absolute Gasteiger partial charge is 0.255 e. The molecule has 3 fully saturated rings. The maximum atomic E-state index is 12.2. The van der Waals surface area contributed by atoms with Gasteiger partial charge in [0.05, 0.1) is 0 Å². The molecule has 0 radical (unpaired) electrons. The minimum atomic E-state index is -0.611. The van der Waals surface area contributed by atoms with Gasteiger partial charge < -0.3 is 15.3 Å². The number of likely N-dealkylation sites (tertiary alicyclic amines) is 1. The lowest BCUT2D eigenvalue weighted by atomic mass is 10.0. The molecule has 4 aliphatic rings. The van der Waals surface area contributed by atoms with Crippen molar-refractivity contribution in [2.45, 2.75) is 63.7 Å². The summed E-state index contributed by atoms with van der Waals surface area (Å²) in [6.07, 6.45) is 6.14. The summed E-state index contributed by atoms with van der Waals surface area (Å²) >= 11 is 0. The van der Waals surface area contributed by atoms with Gasteiger partial charge in [0.1, 0.15) is 11.8 Å². The molecule has 196 valence electrons. The Morgan fingerprint density at radius 2 is 1.70 bits per heavy atom. The lowest BCUT2D eigenvalue weighted by Crippen LogP contribution is -2.52. The molecule has 8 heteroatoms. The number of piperidine rings is 2. The highest BCUT2D eigenvalue weighted by atomic mass is 16.3. The zero-order chi connectivity index (χ0) is 25.8. The quantitative estimate of drug-likeness (QED) is 0.523. The van der Waals surface area contributed by atoms with Crippen LogP contribution in [0.1, 0.15) is 60.0 Å². The summed E-state index contributed by atoms with van der Waals surface area (Å²) in [6, 6.07) is 15.5. The van der Waals surface area contributed by atoms with Crippen molar-refractivity contribution in [1.29, 1.82) is 0 Å². The maximum Gasteiger partial charge on any atom is 0.255 e. The Labute approximate surface area is 218 Å². The topological polar surface area (TPSA) is 102 Å². The Kier molecular flexibility index (Phi) is 7.86. The van der Waals surface area contributed by atoms with Crippen LogP contribution in [0.3, 0.4) is 0 Å². The van der Waals surface area contributed by atoms with Gasteiger partial charge in [0.2, 0.25) is 11.8 Å². The largest absolute Gasteiger partial charge is 0.508 e. The number of carbonyl (C=O) groups excluding carboxylic acids is 3. The van der Waals surface area contributed by atoms with Crippen LogP contribution in [0.25, 0.3) is 0 Å². The molecule has 1 atom stereocenters. The van der Waals surface area contributed by atoms with Gasteiger partial charge in [-0.1, -0.05) is 30.3 Å². The number of phenolic OH excluding ortho intramolecular Hbond substituents is 1. The van der Waals surface area contributed by atoms with Gasteiger partial charge in [0, 0.05) is 31.1 Å². The highest BCUT2D eigenvalue weighted by Crippen LogP contribution is 2.30. The highest BCUT2D eigenvalue weighted by molar-refractivity contribution is 6.05. The number of phenols is 1. The van der Waals surface area contributed by atoms with E-state index in [2.05, 4.69) is 45.9 Å². The van der Waals surface area contributed by atoms with Crippen molar-refractivity contribution < 1.29 is 19.5 Å². The Morgan fingerprint density at radius 3 is 2.41 bits per heavy atom. The molecule has 3 heterocycles. The first-order valence-electron chi connectivity index (χ1n) is 13.4. The van der Waals surface area contributed by atoms with Crippen molar-refractivity contribution in [1.82, 2.24) is 20.4 Å². The first kappa shape index (κ1) is 25.4. The fourth-order valence-electron chi connectivity index (χ4n) is 5.35. The van der Waals surface area contributed by atoms with E-state index in [0.717, 1.165) is 18.5 Å². The molecule has 3 amide bonds. The lowest BCUT2D eigenvalue weighted by Gasteiger charge is -2.32. The standard InChI is InChI=1S/C16H24N2.C13H12N2O4/c1-2-4-15(5-3-1)13-18-10-8-16(9-11-18)17-12-14-6-7-14;16-8-1-2-9-7(5-8)6-15(13(9)19)10-3-4-11(17)14-12(10)18/h1-5,14,16-17H,6-13H2;1-2,5,10,16H,3-4,6H2,(H,14,17,18). The zero-order valence-electron chi connectivity index (χ0n) is 21.2. The summed E-state index contributed by atoms with van der Waals surface area (Å²) in [5, 5.41) is 15.4. The molecule has 1 unspecified atom stereocenters. The monoisotopic (exact) mass is 504 g/mol. The predicted octanol–water partition coefficient (Wildman–Crippen LogP) is 2.80. The van der Waals surface area contributed by atoms with Crippen LogP contribution < -0.4 is 10.6 Å². The minimum Gasteiger partial charge on any atom is -0.508 e. The number of nitrogens with one attached hydrogen (secondary N) is 2. The SMILES string of the molecule is O=C1CCC(N2Cc3cc(O)ccc3C2=O)C(=O)N1.c1ccc(CN2CCC(NCC3CC3)CC2)cc1. The summed E-state index contributed by atoms with van der Waals surface area (Å²) in [7, 11) is 0. The second-order valence-electron chi connectivity index (χ2n) is 10.6. The number of benzene rings is 2. The molecule has 6 rings (SSSR count). The van der Waals surface area contributed by atoms with E-state index < -0.39 is 11.9 Å². The molecule has 2 saturated heterocycles. The Morgan fingerprint density at radius 1 is 0.946 bits per heavy atom. The van der Waals surface area contributed by atoms with Gasteiger partial charge in [-0.05, 0) is 87.0 Å². The Balaban J connectivity index is 0.000000152. The average molecular weight is 505 g/mol. The Hall–Kier alpha value is -3.23. The van der Waals surface area contributed by atoms with Crippen LogP contribution in [0.15, 0.2) is 48.5 Å². The van der Waals surface area contributed by atoms with Crippen molar-refractivity contribution in [3.05, 3.63) is 65.2 Å². The molecule has 3 aliphatic heterocycles. The molecular weight excluding hydrogens is 468 g/mol. The molecule has 0 bridgehead atoms. The first-order valence-corrected chi connectivity index (χ1v) is 13.4. The number of nitrogens with zero attached hydrogens (tertiary/aromatic N) is 2. The lowest BCUT2D eigenvalue weighted by molar-refractivity contribution is -0.136. The molecule has 0 spiro atoms. The molecule has 37 heavy (non-hydrogen) atoms. The summed E-state index contributed by atoms with van der Waals surface area (Å²) in [5.74, 6) is 0.137. The summed E-state index contributed by atoms with van der Waals surface area (Å²) < 4.78 is 0. The van der Waals surface area contributed by atoms with Crippen LogP contribution >= 0.6 is 0 Å². The third kappa shape index (κ3) is 6.56. The average Bonchev–Trinajstić information content (AvgIpc) is 3.67. The number of amides is 3. The molecule has 2 aromatic rings. The van der Waals surface area contributed by atoms with E-state index in [-0.39, 0.29) is 30.5 Å². The molecular formula is C29H36N4O4.